The van der Waals surface area contributed by atoms with Gasteiger partial charge in [0.25, 0.3) is 0 Å². The molecule has 1 aromatic carbocycles. The Bertz CT molecular complexity index is 456. The van der Waals surface area contributed by atoms with Gasteiger partial charge in [0, 0.05) is 0 Å². The third kappa shape index (κ3) is 2.21. The Hall–Kier alpha value is -1.33. The van der Waals surface area contributed by atoms with Crippen LogP contribution >= 0.6 is 0 Å². The highest BCUT2D eigenvalue weighted by Gasteiger charge is 2.31. The minimum Gasteiger partial charge on any atom is -0.384 e. The van der Waals surface area contributed by atoms with Crippen molar-refractivity contribution in [2.75, 3.05) is 0 Å². The predicted octanol–water partition coefficient (Wildman–Crippen LogP) is 2.93. The first-order chi connectivity index (χ1) is 8.05. The molecule has 0 fully saturated rings. The zero-order valence-corrected chi connectivity index (χ0v) is 10.5. The van der Waals surface area contributed by atoms with E-state index in [1.54, 1.807) is 13.8 Å². The average molecular weight is 229 g/mol. The van der Waals surface area contributed by atoms with E-state index in [0.29, 0.717) is 0 Å². The summed E-state index contributed by atoms with van der Waals surface area (Å²) >= 11 is 0. The minimum absolute atomic E-state index is 0.399. The highest BCUT2D eigenvalue weighted by atomic mass is 16.3. The van der Waals surface area contributed by atoms with Crippen molar-refractivity contribution in [3.8, 4) is 6.07 Å². The predicted molar refractivity (Wildman–Crippen MR) is 67.4 cm³/mol. The lowest BCUT2D eigenvalue weighted by Gasteiger charge is -2.28. The molecule has 0 saturated heterocycles. The van der Waals surface area contributed by atoms with Crippen LogP contribution in [0.5, 0.6) is 0 Å². The van der Waals surface area contributed by atoms with Gasteiger partial charge >= 0.3 is 0 Å². The molecule has 0 heterocycles. The molecule has 1 aromatic rings. The molecule has 2 unspecified atom stereocenters. The smallest absolute Gasteiger partial charge is 0.102 e. The highest BCUT2D eigenvalue weighted by molar-refractivity contribution is 5.37. The number of fused-ring (bicyclic) bond motifs is 1. The quantitative estimate of drug-likeness (QED) is 0.847. The highest BCUT2D eigenvalue weighted by Crippen LogP contribution is 2.32. The Morgan fingerprint density at radius 1 is 1.29 bits per heavy atom. The van der Waals surface area contributed by atoms with Crippen molar-refractivity contribution in [1.82, 2.24) is 0 Å². The summed E-state index contributed by atoms with van der Waals surface area (Å²) in [7, 11) is 0. The summed E-state index contributed by atoms with van der Waals surface area (Å²) in [5.74, 6) is -0.399. The second-order valence-electron chi connectivity index (χ2n) is 5.19. The van der Waals surface area contributed by atoms with Crippen LogP contribution in [0.4, 0.5) is 0 Å². The first kappa shape index (κ1) is 12.1. The topological polar surface area (TPSA) is 44.0 Å². The van der Waals surface area contributed by atoms with Crippen LogP contribution in [0.3, 0.4) is 0 Å². The molecule has 1 N–H and O–H groups in total. The molecule has 2 atom stereocenters. The number of nitriles is 1. The summed E-state index contributed by atoms with van der Waals surface area (Å²) < 4.78 is 0. The van der Waals surface area contributed by atoms with Gasteiger partial charge in [-0.3, -0.25) is 0 Å². The van der Waals surface area contributed by atoms with Crippen LogP contribution in [-0.4, -0.2) is 5.11 Å². The number of hydrogen-bond donors (Lipinski definition) is 1. The van der Waals surface area contributed by atoms with Crippen molar-refractivity contribution in [2.24, 2.45) is 5.92 Å². The van der Waals surface area contributed by atoms with E-state index in [0.717, 1.165) is 18.4 Å². The summed E-state index contributed by atoms with van der Waals surface area (Å²) in [5.41, 5.74) is 2.56. The van der Waals surface area contributed by atoms with E-state index < -0.39 is 11.5 Å². The van der Waals surface area contributed by atoms with E-state index in [4.69, 9.17) is 5.26 Å². The third-order valence-corrected chi connectivity index (χ3v) is 3.97. The number of aliphatic hydroxyl groups is 1. The third-order valence-electron chi connectivity index (χ3n) is 3.97. The van der Waals surface area contributed by atoms with E-state index >= 15 is 0 Å². The Morgan fingerprint density at radius 2 is 1.94 bits per heavy atom. The van der Waals surface area contributed by atoms with E-state index in [9.17, 15) is 5.11 Å². The Labute approximate surface area is 103 Å². The summed E-state index contributed by atoms with van der Waals surface area (Å²) in [6.45, 7) is 3.49. The van der Waals surface area contributed by atoms with Gasteiger partial charge < -0.3 is 5.11 Å². The molecular formula is C15H19NO. The van der Waals surface area contributed by atoms with Crippen LogP contribution in [0.1, 0.15) is 43.4 Å². The molecule has 0 amide bonds. The van der Waals surface area contributed by atoms with Crippen molar-refractivity contribution in [3.63, 3.8) is 0 Å². The maximum Gasteiger partial charge on any atom is 0.102 e. The lowest BCUT2D eigenvalue weighted by atomic mass is 9.81. The maximum atomic E-state index is 10.4. The molecule has 90 valence electrons. The van der Waals surface area contributed by atoms with Crippen LogP contribution < -0.4 is 0 Å². The SMILES string of the molecule is CC(C#N)C(C)(O)c1ccc2c(c1)CCCC2. The van der Waals surface area contributed by atoms with E-state index in [1.165, 1.54) is 24.0 Å². The van der Waals surface area contributed by atoms with E-state index in [-0.39, 0.29) is 0 Å². The van der Waals surface area contributed by atoms with E-state index in [1.807, 2.05) is 6.07 Å². The second kappa shape index (κ2) is 4.50. The second-order valence-corrected chi connectivity index (χ2v) is 5.19. The zero-order chi connectivity index (χ0) is 12.5. The fourth-order valence-electron chi connectivity index (χ4n) is 2.42. The van der Waals surface area contributed by atoms with Crippen molar-refractivity contribution in [2.45, 2.75) is 45.1 Å². The van der Waals surface area contributed by atoms with Gasteiger partial charge in [-0.25, -0.2) is 0 Å². The average Bonchev–Trinajstić information content (AvgIpc) is 2.37. The summed E-state index contributed by atoms with van der Waals surface area (Å²) in [5, 5.41) is 19.4. The maximum absolute atomic E-state index is 10.4. The number of rotatable bonds is 2. The molecule has 2 rings (SSSR count). The van der Waals surface area contributed by atoms with Gasteiger partial charge in [-0.05, 0) is 56.2 Å². The van der Waals surface area contributed by atoms with Crippen molar-refractivity contribution >= 4 is 0 Å². The summed E-state index contributed by atoms with van der Waals surface area (Å²) in [6, 6.07) is 8.30. The van der Waals surface area contributed by atoms with Crippen LogP contribution in [-0.2, 0) is 18.4 Å². The fourth-order valence-corrected chi connectivity index (χ4v) is 2.42. The van der Waals surface area contributed by atoms with Gasteiger partial charge in [0.05, 0.1) is 12.0 Å². The molecule has 2 heteroatoms. The first-order valence-corrected chi connectivity index (χ1v) is 6.30. The standard InChI is InChI=1S/C15H19NO/c1-11(10-16)15(2,17)14-8-7-12-5-3-4-6-13(12)9-14/h7-9,11,17H,3-6H2,1-2H3. The number of aryl methyl sites for hydroxylation is 2. The Morgan fingerprint density at radius 3 is 2.59 bits per heavy atom. The van der Waals surface area contributed by atoms with Crippen molar-refractivity contribution in [3.05, 3.63) is 34.9 Å². The van der Waals surface area contributed by atoms with Crippen LogP contribution in [0.2, 0.25) is 0 Å². The summed E-state index contributed by atoms with van der Waals surface area (Å²) in [6.07, 6.45) is 4.73. The van der Waals surface area contributed by atoms with Gasteiger partial charge in [-0.2, -0.15) is 5.26 Å². The molecule has 0 radical (unpaired) electrons. The number of nitrogens with zero attached hydrogens (tertiary/aromatic N) is 1. The fraction of sp³-hybridized carbons (Fsp3) is 0.533. The lowest BCUT2D eigenvalue weighted by molar-refractivity contribution is 0.0231. The van der Waals surface area contributed by atoms with Gasteiger partial charge in [-0.1, -0.05) is 18.2 Å². The molecule has 17 heavy (non-hydrogen) atoms. The normalized spacial score (nSPS) is 19.9. The monoisotopic (exact) mass is 229 g/mol. The van der Waals surface area contributed by atoms with Gasteiger partial charge in [0.2, 0.25) is 0 Å². The van der Waals surface area contributed by atoms with Gasteiger partial charge in [-0.15, -0.1) is 0 Å². The zero-order valence-electron chi connectivity index (χ0n) is 10.5. The van der Waals surface area contributed by atoms with Crippen LogP contribution in [0.15, 0.2) is 18.2 Å². The molecule has 0 aromatic heterocycles. The minimum atomic E-state index is -1.05. The molecule has 0 spiro atoms. The first-order valence-electron chi connectivity index (χ1n) is 6.30. The lowest BCUT2D eigenvalue weighted by Crippen LogP contribution is -2.29. The van der Waals surface area contributed by atoms with Crippen LogP contribution in [0.25, 0.3) is 0 Å². The van der Waals surface area contributed by atoms with Crippen molar-refractivity contribution < 1.29 is 5.11 Å². The number of benzene rings is 1. The summed E-state index contributed by atoms with van der Waals surface area (Å²) in [4.78, 5) is 0. The molecular weight excluding hydrogens is 210 g/mol. The molecule has 0 aliphatic heterocycles. The van der Waals surface area contributed by atoms with Gasteiger partial charge in [0.1, 0.15) is 5.60 Å². The number of hydrogen-bond acceptors (Lipinski definition) is 2. The van der Waals surface area contributed by atoms with Crippen molar-refractivity contribution in [1.29, 1.82) is 5.26 Å². The van der Waals surface area contributed by atoms with Gasteiger partial charge in [0.15, 0.2) is 0 Å². The molecule has 0 saturated carbocycles. The van der Waals surface area contributed by atoms with E-state index in [2.05, 4.69) is 18.2 Å². The molecule has 1 aliphatic carbocycles. The Balaban J connectivity index is 2.37. The molecule has 1 aliphatic rings. The molecule has 0 bridgehead atoms. The Kier molecular flexibility index (Phi) is 3.22. The largest absolute Gasteiger partial charge is 0.384 e. The van der Waals surface area contributed by atoms with Crippen LogP contribution in [0, 0.1) is 17.2 Å². The molecule has 2 nitrogen and oxygen atoms in total.